The summed E-state index contributed by atoms with van der Waals surface area (Å²) in [5, 5.41) is 0.516. The summed E-state index contributed by atoms with van der Waals surface area (Å²) < 4.78 is 3.08. The predicted octanol–water partition coefficient (Wildman–Crippen LogP) is 0.793. The monoisotopic (exact) mass is 359 g/mol. The number of hydrogen-bond donors (Lipinski definition) is 1. The number of aromatic nitrogens is 2. The largest absolute Gasteiger partial charge is 0.399 e. The van der Waals surface area contributed by atoms with E-state index >= 15 is 0 Å². The van der Waals surface area contributed by atoms with Crippen LogP contribution in [0.5, 0.6) is 0 Å². The van der Waals surface area contributed by atoms with Crippen LogP contribution in [0.1, 0.15) is 19.3 Å². The number of rotatable bonds is 6. The molecule has 7 heteroatoms. The number of fused-ring (bicyclic) bond motifs is 1. The Morgan fingerprint density at radius 2 is 1.73 bits per heavy atom. The molecule has 0 amide bonds. The molecule has 2 N–H and O–H groups in total. The van der Waals surface area contributed by atoms with E-state index in [9.17, 15) is 9.59 Å². The van der Waals surface area contributed by atoms with E-state index in [4.69, 9.17) is 5.73 Å². The summed E-state index contributed by atoms with van der Waals surface area (Å²) in [6.07, 6.45) is 3.72. The zero-order chi connectivity index (χ0) is 18.7. The van der Waals surface area contributed by atoms with Gasteiger partial charge in [0.2, 0.25) is 0 Å². The van der Waals surface area contributed by atoms with E-state index in [0.717, 1.165) is 19.6 Å². The number of hydrogen-bond acceptors (Lipinski definition) is 5. The fourth-order valence-corrected chi connectivity index (χ4v) is 3.58. The molecule has 0 radical (unpaired) electrons. The van der Waals surface area contributed by atoms with Gasteiger partial charge in [-0.1, -0.05) is 6.42 Å². The van der Waals surface area contributed by atoms with Crippen LogP contribution in [0.15, 0.2) is 27.8 Å². The van der Waals surface area contributed by atoms with Crippen LogP contribution in [0, 0.1) is 0 Å². The summed E-state index contributed by atoms with van der Waals surface area (Å²) in [6, 6.07) is 5.23. The molecule has 2 heterocycles. The maximum absolute atomic E-state index is 13.0. The molecule has 142 valence electrons. The van der Waals surface area contributed by atoms with E-state index in [2.05, 4.69) is 4.90 Å². The van der Waals surface area contributed by atoms with Crippen LogP contribution in [0.2, 0.25) is 0 Å². The van der Waals surface area contributed by atoms with Crippen molar-refractivity contribution in [3.63, 3.8) is 0 Å². The Morgan fingerprint density at radius 1 is 1.00 bits per heavy atom. The summed E-state index contributed by atoms with van der Waals surface area (Å²) >= 11 is 0. The SMILES string of the molecule is CN(C)CCn1c(=O)c2cc(N)ccc2n(CCN2CCCCC2)c1=O. The van der Waals surface area contributed by atoms with Crippen molar-refractivity contribution in [2.24, 2.45) is 0 Å². The van der Waals surface area contributed by atoms with Gasteiger partial charge >= 0.3 is 5.69 Å². The third-order valence-corrected chi connectivity index (χ3v) is 5.11. The van der Waals surface area contributed by atoms with Crippen LogP contribution < -0.4 is 17.0 Å². The predicted molar refractivity (Wildman–Crippen MR) is 106 cm³/mol. The molecule has 1 fully saturated rings. The number of benzene rings is 1. The summed E-state index contributed by atoms with van der Waals surface area (Å²) in [5.74, 6) is 0. The molecule has 26 heavy (non-hydrogen) atoms. The van der Waals surface area contributed by atoms with Crippen LogP contribution in [-0.2, 0) is 13.1 Å². The molecule has 0 saturated carbocycles. The van der Waals surface area contributed by atoms with E-state index in [0.29, 0.717) is 36.2 Å². The molecule has 7 nitrogen and oxygen atoms in total. The summed E-state index contributed by atoms with van der Waals surface area (Å²) in [7, 11) is 3.86. The number of likely N-dealkylation sites (N-methyl/N-ethyl adjacent to an activating group) is 1. The molecule has 2 aromatic rings. The molecule has 1 saturated heterocycles. The van der Waals surface area contributed by atoms with Crippen LogP contribution in [-0.4, -0.2) is 59.2 Å². The minimum Gasteiger partial charge on any atom is -0.399 e. The first kappa shape index (κ1) is 18.7. The Balaban J connectivity index is 2.01. The van der Waals surface area contributed by atoms with E-state index in [1.165, 1.54) is 23.8 Å². The number of nitrogen functional groups attached to an aromatic ring is 1. The van der Waals surface area contributed by atoms with Crippen LogP contribution in [0.4, 0.5) is 5.69 Å². The maximum Gasteiger partial charge on any atom is 0.331 e. The van der Waals surface area contributed by atoms with Crippen molar-refractivity contribution in [2.75, 3.05) is 46.0 Å². The minimum absolute atomic E-state index is 0.230. The lowest BCUT2D eigenvalue weighted by atomic mass is 10.1. The fourth-order valence-electron chi connectivity index (χ4n) is 3.58. The van der Waals surface area contributed by atoms with E-state index < -0.39 is 0 Å². The van der Waals surface area contributed by atoms with Crippen molar-refractivity contribution in [3.8, 4) is 0 Å². The number of piperidine rings is 1. The topological polar surface area (TPSA) is 76.5 Å². The van der Waals surface area contributed by atoms with Gasteiger partial charge in [0, 0.05) is 31.9 Å². The third-order valence-electron chi connectivity index (χ3n) is 5.11. The van der Waals surface area contributed by atoms with Gasteiger partial charge in [-0.3, -0.25) is 13.9 Å². The molecule has 0 spiro atoms. The van der Waals surface area contributed by atoms with Crippen molar-refractivity contribution in [2.45, 2.75) is 32.4 Å². The highest BCUT2D eigenvalue weighted by atomic mass is 16.2. The van der Waals surface area contributed by atoms with Crippen molar-refractivity contribution in [3.05, 3.63) is 39.0 Å². The van der Waals surface area contributed by atoms with Gasteiger partial charge < -0.3 is 15.5 Å². The normalized spacial score (nSPS) is 15.8. The highest BCUT2D eigenvalue weighted by molar-refractivity contribution is 5.81. The molecule has 1 aromatic heterocycles. The molecule has 0 unspecified atom stereocenters. The first-order valence-corrected chi connectivity index (χ1v) is 9.37. The number of anilines is 1. The second-order valence-corrected chi connectivity index (χ2v) is 7.37. The van der Waals surface area contributed by atoms with Crippen LogP contribution >= 0.6 is 0 Å². The molecule has 0 aliphatic carbocycles. The smallest absolute Gasteiger partial charge is 0.331 e. The van der Waals surface area contributed by atoms with E-state index in [1.54, 1.807) is 22.8 Å². The van der Waals surface area contributed by atoms with Crippen molar-refractivity contribution < 1.29 is 0 Å². The molecule has 0 bridgehead atoms. The summed E-state index contributed by atoms with van der Waals surface area (Å²) in [5.41, 5.74) is 6.62. The fraction of sp³-hybridized carbons (Fsp3) is 0.579. The van der Waals surface area contributed by atoms with Gasteiger partial charge in [0.05, 0.1) is 10.9 Å². The van der Waals surface area contributed by atoms with Gasteiger partial charge in [0.1, 0.15) is 0 Å². The lowest BCUT2D eigenvalue weighted by molar-refractivity contribution is 0.220. The lowest BCUT2D eigenvalue weighted by Crippen LogP contribution is -2.43. The van der Waals surface area contributed by atoms with E-state index in [1.807, 2.05) is 19.0 Å². The second-order valence-electron chi connectivity index (χ2n) is 7.37. The Bertz CT molecular complexity index is 878. The zero-order valence-corrected chi connectivity index (χ0v) is 15.8. The van der Waals surface area contributed by atoms with Crippen molar-refractivity contribution in [1.29, 1.82) is 0 Å². The number of nitrogens with two attached hydrogens (primary N) is 1. The quantitative estimate of drug-likeness (QED) is 0.772. The first-order chi connectivity index (χ1) is 12.5. The molecule has 1 aliphatic heterocycles. The Morgan fingerprint density at radius 3 is 2.42 bits per heavy atom. The zero-order valence-electron chi connectivity index (χ0n) is 15.8. The highest BCUT2D eigenvalue weighted by Gasteiger charge is 2.15. The van der Waals surface area contributed by atoms with E-state index in [-0.39, 0.29) is 11.2 Å². The van der Waals surface area contributed by atoms with Gasteiger partial charge in [-0.05, 0) is 58.2 Å². The molecule has 1 aromatic carbocycles. The molecule has 3 rings (SSSR count). The third kappa shape index (κ3) is 3.99. The summed E-state index contributed by atoms with van der Waals surface area (Å²) in [6.45, 7) is 4.58. The van der Waals surface area contributed by atoms with Crippen LogP contribution in [0.25, 0.3) is 10.9 Å². The number of likely N-dealkylation sites (tertiary alicyclic amines) is 1. The molecule has 1 aliphatic rings. The van der Waals surface area contributed by atoms with Gasteiger partial charge in [-0.2, -0.15) is 0 Å². The van der Waals surface area contributed by atoms with Gasteiger partial charge in [-0.15, -0.1) is 0 Å². The van der Waals surface area contributed by atoms with Gasteiger partial charge in [0.15, 0.2) is 0 Å². The van der Waals surface area contributed by atoms with Crippen LogP contribution in [0.3, 0.4) is 0 Å². The average Bonchev–Trinajstić information content (AvgIpc) is 2.62. The van der Waals surface area contributed by atoms with Crippen molar-refractivity contribution in [1.82, 2.24) is 18.9 Å². The second kappa shape index (κ2) is 8.05. The Kier molecular flexibility index (Phi) is 5.78. The van der Waals surface area contributed by atoms with Gasteiger partial charge in [0.25, 0.3) is 5.56 Å². The first-order valence-electron chi connectivity index (χ1n) is 9.37. The molecular weight excluding hydrogens is 330 g/mol. The highest BCUT2D eigenvalue weighted by Crippen LogP contribution is 2.14. The molecular formula is C19H29N5O2. The standard InChI is InChI=1S/C19H29N5O2/c1-21(2)10-12-24-18(25)16-14-15(20)6-7-17(16)23(19(24)26)13-11-22-8-4-3-5-9-22/h6-7,14H,3-5,8-13,20H2,1-2H3. The van der Waals surface area contributed by atoms with Crippen molar-refractivity contribution >= 4 is 16.6 Å². The number of nitrogens with zero attached hydrogens (tertiary/aromatic N) is 4. The Labute approximate surface area is 153 Å². The maximum atomic E-state index is 13.0. The van der Waals surface area contributed by atoms with Gasteiger partial charge in [-0.25, -0.2) is 4.79 Å². The average molecular weight is 359 g/mol. The summed E-state index contributed by atoms with van der Waals surface area (Å²) in [4.78, 5) is 30.2. The minimum atomic E-state index is -0.256. The Hall–Kier alpha value is -2.12. The molecule has 0 atom stereocenters. The lowest BCUT2D eigenvalue weighted by Gasteiger charge is -2.27.